The lowest BCUT2D eigenvalue weighted by Gasteiger charge is -2.29. The van der Waals surface area contributed by atoms with Gasteiger partial charge < -0.3 is 25.4 Å². The topological polar surface area (TPSA) is 110 Å². The average Bonchev–Trinajstić information content (AvgIpc) is 2.94. The third-order valence-electron chi connectivity index (χ3n) is 5.80. The number of rotatable bonds is 8. The Morgan fingerprint density at radius 1 is 1.07 bits per heavy atom. The van der Waals surface area contributed by atoms with E-state index in [0.717, 1.165) is 24.0 Å². The number of nitrogens with zero attached hydrogens (tertiary/aromatic N) is 3. The molecule has 0 saturated carbocycles. The standard InChI is InChI=1S/C26H24Cl2F3N5O4/c27-16-1-5-20(21(13-16)36(25(38)26(29,30)31)23-6-2-17(28)15-33-23)34-24(37)19-4-3-18(14-22(19)40-10-7-32)35-8-11-39-12-9-35/h1-6,13-15H,7-12,32H2,(H,34,37). The number of nitrogens with one attached hydrogen (secondary N) is 1. The van der Waals surface area contributed by atoms with E-state index in [-0.39, 0.29) is 51.7 Å². The second-order valence-corrected chi connectivity index (χ2v) is 9.38. The minimum Gasteiger partial charge on any atom is -0.491 e. The van der Waals surface area contributed by atoms with Crippen molar-refractivity contribution in [2.75, 3.05) is 54.6 Å². The van der Waals surface area contributed by atoms with Crippen LogP contribution in [0.1, 0.15) is 10.4 Å². The quantitative estimate of drug-likeness (QED) is 0.374. The summed E-state index contributed by atoms with van der Waals surface area (Å²) < 4.78 is 52.1. The third kappa shape index (κ3) is 6.94. The van der Waals surface area contributed by atoms with Crippen LogP contribution in [0.5, 0.6) is 5.75 Å². The predicted molar refractivity (Wildman–Crippen MR) is 146 cm³/mol. The van der Waals surface area contributed by atoms with Crippen molar-refractivity contribution in [1.82, 2.24) is 4.98 Å². The number of hydrogen-bond donors (Lipinski definition) is 2. The van der Waals surface area contributed by atoms with Crippen LogP contribution in [0, 0.1) is 0 Å². The molecular weight excluding hydrogens is 574 g/mol. The number of ether oxygens (including phenoxy) is 2. The summed E-state index contributed by atoms with van der Waals surface area (Å²) in [4.78, 5) is 32.3. The number of halogens is 5. The van der Waals surface area contributed by atoms with Gasteiger partial charge in [-0.2, -0.15) is 13.2 Å². The van der Waals surface area contributed by atoms with Crippen molar-refractivity contribution in [2.24, 2.45) is 5.73 Å². The van der Waals surface area contributed by atoms with Gasteiger partial charge in [-0.25, -0.2) is 4.98 Å². The molecule has 1 aliphatic rings. The molecule has 4 rings (SSSR count). The maximum absolute atomic E-state index is 13.7. The van der Waals surface area contributed by atoms with Crippen molar-refractivity contribution >= 4 is 57.9 Å². The van der Waals surface area contributed by atoms with Crippen molar-refractivity contribution in [3.63, 3.8) is 0 Å². The summed E-state index contributed by atoms with van der Waals surface area (Å²) in [7, 11) is 0. The highest BCUT2D eigenvalue weighted by atomic mass is 35.5. The summed E-state index contributed by atoms with van der Waals surface area (Å²) in [5.74, 6) is -3.11. The van der Waals surface area contributed by atoms with Crippen molar-refractivity contribution in [3.8, 4) is 5.75 Å². The number of carbonyl (C=O) groups is 2. The number of carbonyl (C=O) groups excluding carboxylic acids is 2. The summed E-state index contributed by atoms with van der Waals surface area (Å²) in [6.07, 6.45) is -4.18. The SMILES string of the molecule is NCCOc1cc(N2CCOCC2)ccc1C(=O)Nc1ccc(Cl)cc1N(C(=O)C(F)(F)F)c1ccc(Cl)cn1. The van der Waals surface area contributed by atoms with Crippen LogP contribution < -0.4 is 25.6 Å². The maximum Gasteiger partial charge on any atom is 0.472 e. The largest absolute Gasteiger partial charge is 0.491 e. The first-order valence-electron chi connectivity index (χ1n) is 12.0. The molecule has 40 heavy (non-hydrogen) atoms. The maximum atomic E-state index is 13.7. The number of hydrogen-bond acceptors (Lipinski definition) is 7. The van der Waals surface area contributed by atoms with Crippen LogP contribution >= 0.6 is 23.2 Å². The lowest BCUT2D eigenvalue weighted by Crippen LogP contribution is -2.39. The Morgan fingerprint density at radius 2 is 1.80 bits per heavy atom. The molecule has 0 aliphatic carbocycles. The predicted octanol–water partition coefficient (Wildman–Crippen LogP) is 5.04. The Labute approximate surface area is 237 Å². The third-order valence-corrected chi connectivity index (χ3v) is 6.26. The van der Waals surface area contributed by atoms with E-state index in [2.05, 4.69) is 15.2 Å². The van der Waals surface area contributed by atoms with E-state index in [4.69, 9.17) is 38.4 Å². The fourth-order valence-corrected chi connectivity index (χ4v) is 4.23. The number of aromatic nitrogens is 1. The molecule has 3 N–H and O–H groups in total. The molecule has 1 aliphatic heterocycles. The summed E-state index contributed by atoms with van der Waals surface area (Å²) in [6.45, 7) is 2.71. The van der Waals surface area contributed by atoms with Gasteiger partial charge in [-0.3, -0.25) is 14.5 Å². The van der Waals surface area contributed by atoms with Gasteiger partial charge in [-0.05, 0) is 42.5 Å². The number of anilines is 4. The van der Waals surface area contributed by atoms with Crippen LogP contribution in [0.2, 0.25) is 10.0 Å². The lowest BCUT2D eigenvalue weighted by molar-refractivity contribution is -0.169. The molecule has 0 spiro atoms. The normalized spacial score (nSPS) is 13.6. The minimum absolute atomic E-state index is 0.0174. The van der Waals surface area contributed by atoms with E-state index in [1.807, 2.05) is 0 Å². The van der Waals surface area contributed by atoms with E-state index in [1.54, 1.807) is 18.2 Å². The number of pyridine rings is 1. The number of benzene rings is 2. The van der Waals surface area contributed by atoms with Gasteiger partial charge in [0.15, 0.2) is 0 Å². The summed E-state index contributed by atoms with van der Waals surface area (Å²) in [5, 5.41) is 2.74. The van der Waals surface area contributed by atoms with Gasteiger partial charge in [0, 0.05) is 42.6 Å². The van der Waals surface area contributed by atoms with E-state index < -0.39 is 18.0 Å². The van der Waals surface area contributed by atoms with Gasteiger partial charge in [0.05, 0.1) is 35.2 Å². The van der Waals surface area contributed by atoms with Crippen molar-refractivity contribution in [3.05, 3.63) is 70.3 Å². The second kappa shape index (κ2) is 12.7. The Kier molecular flexibility index (Phi) is 9.36. The fourth-order valence-electron chi connectivity index (χ4n) is 3.95. The number of nitrogens with two attached hydrogens (primary N) is 1. The molecule has 2 amide bonds. The first kappa shape index (κ1) is 29.4. The van der Waals surface area contributed by atoms with Crippen LogP contribution in [-0.4, -0.2) is 62.4 Å². The Morgan fingerprint density at radius 3 is 2.45 bits per heavy atom. The van der Waals surface area contributed by atoms with Gasteiger partial charge >= 0.3 is 12.1 Å². The van der Waals surface area contributed by atoms with E-state index >= 15 is 0 Å². The highest BCUT2D eigenvalue weighted by Crippen LogP contribution is 2.38. The Bertz CT molecular complexity index is 1370. The van der Waals surface area contributed by atoms with Gasteiger partial charge in [0.2, 0.25) is 0 Å². The monoisotopic (exact) mass is 597 g/mol. The lowest BCUT2D eigenvalue weighted by atomic mass is 10.1. The van der Waals surface area contributed by atoms with E-state index in [0.29, 0.717) is 31.2 Å². The molecule has 14 heteroatoms. The highest BCUT2D eigenvalue weighted by molar-refractivity contribution is 6.31. The molecule has 1 fully saturated rings. The van der Waals surface area contributed by atoms with Gasteiger partial charge in [0.1, 0.15) is 18.2 Å². The summed E-state index contributed by atoms with van der Waals surface area (Å²) >= 11 is 11.9. The highest BCUT2D eigenvalue weighted by Gasteiger charge is 2.45. The molecule has 1 saturated heterocycles. The summed E-state index contributed by atoms with van der Waals surface area (Å²) in [5.41, 5.74) is 6.01. The minimum atomic E-state index is -5.27. The van der Waals surface area contributed by atoms with Crippen LogP contribution in [0.3, 0.4) is 0 Å². The Hall–Kier alpha value is -3.58. The zero-order valence-corrected chi connectivity index (χ0v) is 22.4. The average molecular weight is 598 g/mol. The first-order valence-corrected chi connectivity index (χ1v) is 12.8. The molecule has 212 valence electrons. The molecule has 0 radical (unpaired) electrons. The van der Waals surface area contributed by atoms with E-state index in [9.17, 15) is 22.8 Å². The van der Waals surface area contributed by atoms with Crippen LogP contribution in [0.25, 0.3) is 0 Å². The summed E-state index contributed by atoms with van der Waals surface area (Å²) in [6, 6.07) is 11.1. The molecule has 0 atom stereocenters. The van der Waals surface area contributed by atoms with Crippen molar-refractivity contribution in [1.29, 1.82) is 0 Å². The molecule has 3 aromatic rings. The molecule has 2 heterocycles. The zero-order valence-electron chi connectivity index (χ0n) is 20.9. The van der Waals surface area contributed by atoms with Gasteiger partial charge in [-0.1, -0.05) is 23.2 Å². The number of amides is 2. The second-order valence-electron chi connectivity index (χ2n) is 8.51. The fraction of sp³-hybridized carbons (Fsp3) is 0.269. The molecule has 9 nitrogen and oxygen atoms in total. The molecule has 0 unspecified atom stereocenters. The molecule has 2 aromatic carbocycles. The van der Waals surface area contributed by atoms with Crippen LogP contribution in [-0.2, 0) is 9.53 Å². The van der Waals surface area contributed by atoms with Crippen LogP contribution in [0.4, 0.5) is 36.1 Å². The zero-order chi connectivity index (χ0) is 28.9. The van der Waals surface area contributed by atoms with Crippen LogP contribution in [0.15, 0.2) is 54.7 Å². The number of morpholine rings is 1. The molecule has 1 aromatic heterocycles. The molecule has 0 bridgehead atoms. The Balaban J connectivity index is 1.72. The first-order chi connectivity index (χ1) is 19.1. The van der Waals surface area contributed by atoms with Crippen molar-refractivity contribution < 1.29 is 32.2 Å². The number of alkyl halides is 3. The van der Waals surface area contributed by atoms with Gasteiger partial charge in [-0.15, -0.1) is 0 Å². The smallest absolute Gasteiger partial charge is 0.472 e. The molecular formula is C26H24Cl2F3N5O4. The van der Waals surface area contributed by atoms with Gasteiger partial charge in [0.25, 0.3) is 5.91 Å². The van der Waals surface area contributed by atoms with E-state index in [1.165, 1.54) is 18.2 Å². The van der Waals surface area contributed by atoms with Crippen molar-refractivity contribution in [2.45, 2.75) is 6.18 Å².